The first-order chi connectivity index (χ1) is 17.3. The number of ether oxygens (including phenoxy) is 2. The van der Waals surface area contributed by atoms with Gasteiger partial charge in [0.05, 0.1) is 25.0 Å². The number of rotatable bonds is 8. The van der Waals surface area contributed by atoms with Crippen molar-refractivity contribution in [2.75, 3.05) is 12.0 Å². The van der Waals surface area contributed by atoms with Crippen molar-refractivity contribution in [2.45, 2.75) is 27.3 Å². The largest absolute Gasteiger partial charge is 0.455 e. The molecule has 0 radical (unpaired) electrons. The van der Waals surface area contributed by atoms with Crippen LogP contribution in [0, 0.1) is 25.2 Å². The van der Waals surface area contributed by atoms with Crippen LogP contribution in [0.5, 0.6) is 11.5 Å². The summed E-state index contributed by atoms with van der Waals surface area (Å²) in [5, 5.41) is 14.9. The number of anilines is 1. The number of carbonyl (C=O) groups is 2. The van der Waals surface area contributed by atoms with E-state index in [1.54, 1.807) is 42.0 Å². The van der Waals surface area contributed by atoms with Gasteiger partial charge >= 0.3 is 6.09 Å². The molecule has 3 aromatic rings. The standard InChI is InChI=1S/C26H25N5O5/c1-4-35-26(34)28-25(33)22(14-27)30-29-20-12-17(2)24(18(3)13-20)36-21-10-11-23(32)31(16-21)15-19-8-6-5-7-9-19/h5-13,16,29H,4,15H2,1-3H3,(H,28,33,34). The zero-order valence-corrected chi connectivity index (χ0v) is 20.1. The third-order valence-electron chi connectivity index (χ3n) is 4.94. The minimum absolute atomic E-state index is 0.0808. The van der Waals surface area contributed by atoms with Gasteiger partial charge in [-0.1, -0.05) is 30.3 Å². The van der Waals surface area contributed by atoms with Gasteiger partial charge in [0.1, 0.15) is 17.6 Å². The molecule has 2 aromatic carbocycles. The first kappa shape index (κ1) is 25.7. The molecule has 184 valence electrons. The zero-order valence-electron chi connectivity index (χ0n) is 20.1. The quantitative estimate of drug-likeness (QED) is 0.364. The smallest absolute Gasteiger partial charge is 0.414 e. The maximum Gasteiger partial charge on any atom is 0.414 e. The van der Waals surface area contributed by atoms with Crippen LogP contribution in [0.2, 0.25) is 0 Å². The summed E-state index contributed by atoms with van der Waals surface area (Å²) in [6.07, 6.45) is 0.695. The van der Waals surface area contributed by atoms with Crippen molar-refractivity contribution < 1.29 is 19.1 Å². The van der Waals surface area contributed by atoms with E-state index in [0.717, 1.165) is 16.7 Å². The second-order valence-corrected chi connectivity index (χ2v) is 7.72. The molecule has 0 aliphatic carbocycles. The first-order valence-corrected chi connectivity index (χ1v) is 11.1. The Morgan fingerprint density at radius 2 is 1.78 bits per heavy atom. The molecule has 1 aromatic heterocycles. The highest BCUT2D eigenvalue weighted by Gasteiger charge is 2.16. The van der Waals surface area contributed by atoms with Gasteiger partial charge in [-0.25, -0.2) is 4.79 Å². The molecule has 2 N–H and O–H groups in total. The Labute approximate surface area is 207 Å². The number of benzene rings is 2. The lowest BCUT2D eigenvalue weighted by Gasteiger charge is -2.15. The summed E-state index contributed by atoms with van der Waals surface area (Å²) in [6, 6.07) is 17.8. The van der Waals surface area contributed by atoms with E-state index in [9.17, 15) is 19.6 Å². The topological polar surface area (TPSA) is 135 Å². The van der Waals surface area contributed by atoms with E-state index in [-0.39, 0.29) is 12.2 Å². The van der Waals surface area contributed by atoms with Crippen LogP contribution in [0.15, 0.2) is 70.7 Å². The Balaban J connectivity index is 1.75. The molecule has 36 heavy (non-hydrogen) atoms. The highest BCUT2D eigenvalue weighted by molar-refractivity contribution is 6.46. The number of pyridine rings is 1. The Morgan fingerprint density at radius 1 is 1.08 bits per heavy atom. The highest BCUT2D eigenvalue weighted by atomic mass is 16.5. The molecule has 0 aliphatic heterocycles. The van der Waals surface area contributed by atoms with Gasteiger partial charge in [-0.2, -0.15) is 10.4 Å². The van der Waals surface area contributed by atoms with Gasteiger partial charge < -0.3 is 14.0 Å². The molecule has 10 heteroatoms. The van der Waals surface area contributed by atoms with Crippen molar-refractivity contribution >= 4 is 23.4 Å². The molecule has 0 atom stereocenters. The number of carbonyl (C=O) groups excluding carboxylic acids is 2. The van der Waals surface area contributed by atoms with E-state index in [1.165, 1.54) is 6.07 Å². The zero-order chi connectivity index (χ0) is 26.1. The number of hydrogen-bond donors (Lipinski definition) is 2. The molecular weight excluding hydrogens is 462 g/mol. The van der Waals surface area contributed by atoms with Crippen LogP contribution >= 0.6 is 0 Å². The van der Waals surface area contributed by atoms with E-state index in [4.69, 9.17) is 4.74 Å². The van der Waals surface area contributed by atoms with Crippen LogP contribution < -0.4 is 21.0 Å². The molecule has 0 saturated heterocycles. The van der Waals surface area contributed by atoms with E-state index < -0.39 is 17.7 Å². The van der Waals surface area contributed by atoms with E-state index in [0.29, 0.717) is 23.7 Å². The fourth-order valence-electron chi connectivity index (χ4n) is 3.33. The number of hydrogen-bond acceptors (Lipinski definition) is 8. The molecule has 2 amide bonds. The average molecular weight is 488 g/mol. The molecule has 0 saturated carbocycles. The number of nitrogens with one attached hydrogen (secondary N) is 2. The van der Waals surface area contributed by atoms with Crippen molar-refractivity contribution in [1.82, 2.24) is 9.88 Å². The first-order valence-electron chi connectivity index (χ1n) is 11.1. The second-order valence-electron chi connectivity index (χ2n) is 7.72. The molecule has 10 nitrogen and oxygen atoms in total. The lowest BCUT2D eigenvalue weighted by molar-refractivity contribution is -0.114. The van der Waals surface area contributed by atoms with Gasteiger partial charge in [0, 0.05) is 6.07 Å². The summed E-state index contributed by atoms with van der Waals surface area (Å²) < 4.78 is 12.3. The van der Waals surface area contributed by atoms with E-state index >= 15 is 0 Å². The minimum Gasteiger partial charge on any atom is -0.455 e. The Hall–Kier alpha value is -4.91. The Kier molecular flexibility index (Phi) is 8.56. The number of amides is 2. The maximum absolute atomic E-state index is 12.3. The monoisotopic (exact) mass is 487 g/mol. The molecule has 1 heterocycles. The summed E-state index contributed by atoms with van der Waals surface area (Å²) in [5.41, 5.74) is 4.97. The van der Waals surface area contributed by atoms with Gasteiger partial charge in [0.25, 0.3) is 11.5 Å². The normalized spacial score (nSPS) is 10.8. The molecule has 0 bridgehead atoms. The van der Waals surface area contributed by atoms with Gasteiger partial charge in [-0.05, 0) is 55.7 Å². The summed E-state index contributed by atoms with van der Waals surface area (Å²) in [6.45, 7) is 5.74. The number of alkyl carbamates (subject to hydrolysis) is 1. The fraction of sp³-hybridized carbons (Fsp3) is 0.192. The van der Waals surface area contributed by atoms with Crippen LogP contribution in [-0.4, -0.2) is 28.9 Å². The van der Waals surface area contributed by atoms with Crippen LogP contribution in [0.4, 0.5) is 10.5 Å². The number of hydrazone groups is 1. The SMILES string of the molecule is CCOC(=O)NC(=O)C(C#N)=NNc1cc(C)c(Oc2ccc(=O)n(Cc3ccccc3)c2)c(C)c1. The molecule has 0 unspecified atom stereocenters. The molecule has 0 fully saturated rings. The van der Waals surface area contributed by atoms with Crippen molar-refractivity contribution in [3.05, 3.63) is 87.8 Å². The van der Waals surface area contributed by atoms with Gasteiger partial charge in [0.2, 0.25) is 5.71 Å². The number of imide groups is 1. The molecule has 3 rings (SSSR count). The third-order valence-corrected chi connectivity index (χ3v) is 4.94. The average Bonchev–Trinajstić information content (AvgIpc) is 2.84. The van der Waals surface area contributed by atoms with Crippen molar-refractivity contribution in [3.8, 4) is 17.6 Å². The Morgan fingerprint density at radius 3 is 2.42 bits per heavy atom. The third kappa shape index (κ3) is 6.80. The summed E-state index contributed by atoms with van der Waals surface area (Å²) in [7, 11) is 0. The number of nitrogens with zero attached hydrogens (tertiary/aromatic N) is 3. The summed E-state index contributed by atoms with van der Waals surface area (Å²) in [5.74, 6) is 0.107. The van der Waals surface area contributed by atoms with Crippen molar-refractivity contribution in [1.29, 1.82) is 5.26 Å². The van der Waals surface area contributed by atoms with Gasteiger partial charge in [-0.3, -0.25) is 20.3 Å². The predicted octanol–water partition coefficient (Wildman–Crippen LogP) is 3.87. The van der Waals surface area contributed by atoms with Gasteiger partial charge in [0.15, 0.2) is 0 Å². The van der Waals surface area contributed by atoms with Crippen LogP contribution in [-0.2, 0) is 16.1 Å². The Bertz CT molecular complexity index is 1370. The lowest BCUT2D eigenvalue weighted by Crippen LogP contribution is -2.36. The minimum atomic E-state index is -0.984. The fourth-order valence-corrected chi connectivity index (χ4v) is 3.33. The highest BCUT2D eigenvalue weighted by Crippen LogP contribution is 2.31. The lowest BCUT2D eigenvalue weighted by atomic mass is 10.1. The maximum atomic E-state index is 12.3. The summed E-state index contributed by atoms with van der Waals surface area (Å²) in [4.78, 5) is 35.7. The predicted molar refractivity (Wildman–Crippen MR) is 134 cm³/mol. The van der Waals surface area contributed by atoms with Crippen molar-refractivity contribution in [2.24, 2.45) is 5.10 Å². The van der Waals surface area contributed by atoms with E-state index in [1.807, 2.05) is 49.5 Å². The van der Waals surface area contributed by atoms with Gasteiger partial charge in [-0.15, -0.1) is 0 Å². The molecular formula is C26H25N5O5. The van der Waals surface area contributed by atoms with Crippen LogP contribution in [0.3, 0.4) is 0 Å². The summed E-state index contributed by atoms with van der Waals surface area (Å²) >= 11 is 0. The number of nitriles is 1. The molecule has 0 spiro atoms. The van der Waals surface area contributed by atoms with Crippen LogP contribution in [0.1, 0.15) is 23.6 Å². The van der Waals surface area contributed by atoms with Crippen molar-refractivity contribution in [3.63, 3.8) is 0 Å². The van der Waals surface area contributed by atoms with E-state index in [2.05, 4.69) is 15.3 Å². The number of aromatic nitrogens is 1. The number of aryl methyl sites for hydroxylation is 2. The molecule has 0 aliphatic rings. The van der Waals surface area contributed by atoms with Crippen LogP contribution in [0.25, 0.3) is 0 Å². The second kappa shape index (κ2) is 12.0.